The maximum atomic E-state index is 12.6. The van der Waals surface area contributed by atoms with Crippen LogP contribution in [0, 0.1) is 0 Å². The highest BCUT2D eigenvalue weighted by atomic mass is 19.4. The number of ether oxygens (including phenoxy) is 2. The smallest absolute Gasteiger partial charge is 0.393 e. The van der Waals surface area contributed by atoms with Crippen LogP contribution in [-0.4, -0.2) is 60.5 Å². The summed E-state index contributed by atoms with van der Waals surface area (Å²) >= 11 is 0. The Morgan fingerprint density at radius 2 is 1.90 bits per heavy atom. The molecule has 0 N–H and O–H groups in total. The Morgan fingerprint density at radius 3 is 2.53 bits per heavy atom. The van der Waals surface area contributed by atoms with E-state index in [0.29, 0.717) is 32.0 Å². The number of likely N-dealkylation sites (tertiary alicyclic amines) is 1. The van der Waals surface area contributed by atoms with Gasteiger partial charge in [0.1, 0.15) is 6.61 Å². The molecule has 1 aliphatic heterocycles. The van der Waals surface area contributed by atoms with Crippen LogP contribution in [0.15, 0.2) is 28.8 Å². The zero-order valence-corrected chi connectivity index (χ0v) is 16.8. The summed E-state index contributed by atoms with van der Waals surface area (Å²) in [6, 6.07) is 6.46. The number of alkyl halides is 3. The standard InChI is InChI=1S/C20H24F3N3O4/c1-13(27)26-11-16(15-5-3-14(4-6-15)10-20(21,22)23)9-17(12-26)18-24-19(25-30-18)29-8-7-28-2/h3-6,16-17H,7-12H2,1-2H3. The quantitative estimate of drug-likeness (QED) is 0.631. The summed E-state index contributed by atoms with van der Waals surface area (Å²) in [7, 11) is 1.55. The second kappa shape index (κ2) is 9.46. The highest BCUT2D eigenvalue weighted by Gasteiger charge is 2.34. The SMILES string of the molecule is COCCOc1noc(C2CC(c3ccc(CC(F)(F)F)cc3)CN(C(C)=O)C2)n1. The Labute approximate surface area is 172 Å². The van der Waals surface area contributed by atoms with E-state index in [2.05, 4.69) is 10.1 Å². The molecular formula is C20H24F3N3O4. The van der Waals surface area contributed by atoms with Gasteiger partial charge in [0.15, 0.2) is 0 Å². The Hall–Kier alpha value is -2.62. The van der Waals surface area contributed by atoms with Gasteiger partial charge in [-0.3, -0.25) is 4.79 Å². The van der Waals surface area contributed by atoms with Crippen molar-refractivity contribution < 1.29 is 32.0 Å². The molecule has 2 atom stereocenters. The lowest BCUT2D eigenvalue weighted by atomic mass is 9.84. The summed E-state index contributed by atoms with van der Waals surface area (Å²) in [5.74, 6) is 0.0219. The van der Waals surface area contributed by atoms with Crippen molar-refractivity contribution in [3.63, 3.8) is 0 Å². The van der Waals surface area contributed by atoms with Gasteiger partial charge in [-0.2, -0.15) is 18.2 Å². The summed E-state index contributed by atoms with van der Waals surface area (Å²) in [5.41, 5.74) is 1.07. The topological polar surface area (TPSA) is 77.7 Å². The monoisotopic (exact) mass is 427 g/mol. The van der Waals surface area contributed by atoms with Crippen LogP contribution in [0.5, 0.6) is 6.01 Å². The number of amides is 1. The Bertz CT molecular complexity index is 839. The van der Waals surface area contributed by atoms with Crippen LogP contribution in [0.1, 0.15) is 42.2 Å². The maximum Gasteiger partial charge on any atom is 0.393 e. The largest absolute Gasteiger partial charge is 0.459 e. The van der Waals surface area contributed by atoms with Crippen molar-refractivity contribution in [2.45, 2.75) is 37.8 Å². The van der Waals surface area contributed by atoms with Crippen LogP contribution >= 0.6 is 0 Å². The number of nitrogens with zero attached hydrogens (tertiary/aromatic N) is 3. The summed E-state index contributed by atoms with van der Waals surface area (Å²) in [6.07, 6.45) is -4.58. The van der Waals surface area contributed by atoms with Gasteiger partial charge in [0.25, 0.3) is 0 Å². The van der Waals surface area contributed by atoms with E-state index in [4.69, 9.17) is 14.0 Å². The summed E-state index contributed by atoms with van der Waals surface area (Å²) in [4.78, 5) is 18.0. The Morgan fingerprint density at radius 1 is 1.20 bits per heavy atom. The molecule has 0 aliphatic carbocycles. The number of halogens is 3. The highest BCUT2D eigenvalue weighted by Crippen LogP contribution is 2.36. The van der Waals surface area contributed by atoms with Gasteiger partial charge in [-0.15, -0.1) is 0 Å². The van der Waals surface area contributed by atoms with E-state index in [1.54, 1.807) is 24.1 Å². The Balaban J connectivity index is 1.73. The number of methoxy groups -OCH3 is 1. The molecule has 0 radical (unpaired) electrons. The normalized spacial score (nSPS) is 19.7. The van der Waals surface area contributed by atoms with Gasteiger partial charge in [0.05, 0.1) is 18.9 Å². The van der Waals surface area contributed by atoms with E-state index in [1.165, 1.54) is 19.1 Å². The van der Waals surface area contributed by atoms with Gasteiger partial charge in [-0.1, -0.05) is 24.3 Å². The van der Waals surface area contributed by atoms with E-state index < -0.39 is 12.6 Å². The number of carbonyl (C=O) groups excluding carboxylic acids is 1. The molecule has 7 nitrogen and oxygen atoms in total. The van der Waals surface area contributed by atoms with Crippen LogP contribution in [0.3, 0.4) is 0 Å². The summed E-state index contributed by atoms with van der Waals surface area (Å²) < 4.78 is 53.4. The van der Waals surface area contributed by atoms with Gasteiger partial charge < -0.3 is 18.9 Å². The van der Waals surface area contributed by atoms with Crippen molar-refractivity contribution in [3.8, 4) is 6.01 Å². The number of rotatable bonds is 7. The molecule has 2 unspecified atom stereocenters. The average molecular weight is 427 g/mol. The van der Waals surface area contributed by atoms with Gasteiger partial charge >= 0.3 is 12.2 Å². The van der Waals surface area contributed by atoms with Gasteiger partial charge in [0.2, 0.25) is 11.8 Å². The minimum absolute atomic E-state index is 0.0580. The number of hydrogen-bond acceptors (Lipinski definition) is 6. The minimum atomic E-state index is -4.25. The number of carbonyl (C=O) groups is 1. The maximum absolute atomic E-state index is 12.6. The lowest BCUT2D eigenvalue weighted by Crippen LogP contribution is -2.41. The summed E-state index contributed by atoms with van der Waals surface area (Å²) in [5, 5.41) is 3.80. The van der Waals surface area contributed by atoms with Crippen molar-refractivity contribution in [2.75, 3.05) is 33.4 Å². The molecule has 1 aromatic carbocycles. The lowest BCUT2D eigenvalue weighted by molar-refractivity contribution is -0.130. The predicted octanol–water partition coefficient (Wildman–Crippen LogP) is 3.32. The third-order valence-corrected chi connectivity index (χ3v) is 5.04. The second-order valence-electron chi connectivity index (χ2n) is 7.34. The molecule has 2 aromatic rings. The van der Waals surface area contributed by atoms with Crippen molar-refractivity contribution in [2.24, 2.45) is 0 Å². The van der Waals surface area contributed by atoms with Crippen LogP contribution in [0.2, 0.25) is 0 Å². The molecule has 0 bridgehead atoms. The lowest BCUT2D eigenvalue weighted by Gasteiger charge is -2.36. The molecule has 1 fully saturated rings. The van der Waals surface area contributed by atoms with Crippen molar-refractivity contribution in [1.82, 2.24) is 15.0 Å². The number of hydrogen-bond donors (Lipinski definition) is 0. The molecule has 164 valence electrons. The zero-order chi connectivity index (χ0) is 21.7. The van der Waals surface area contributed by atoms with E-state index in [-0.39, 0.29) is 35.9 Å². The van der Waals surface area contributed by atoms with E-state index >= 15 is 0 Å². The zero-order valence-electron chi connectivity index (χ0n) is 16.8. The van der Waals surface area contributed by atoms with E-state index in [1.807, 2.05) is 0 Å². The molecule has 2 heterocycles. The average Bonchev–Trinajstić information content (AvgIpc) is 3.16. The third-order valence-electron chi connectivity index (χ3n) is 5.04. The van der Waals surface area contributed by atoms with Gasteiger partial charge in [-0.05, 0) is 22.7 Å². The predicted molar refractivity (Wildman–Crippen MR) is 100 cm³/mol. The fourth-order valence-corrected chi connectivity index (χ4v) is 3.58. The van der Waals surface area contributed by atoms with Crippen molar-refractivity contribution >= 4 is 5.91 Å². The number of aromatic nitrogens is 2. The second-order valence-corrected chi connectivity index (χ2v) is 7.34. The molecule has 0 spiro atoms. The molecule has 30 heavy (non-hydrogen) atoms. The van der Waals surface area contributed by atoms with Crippen LogP contribution in [0.4, 0.5) is 13.2 Å². The third kappa shape index (κ3) is 5.94. The molecule has 1 aromatic heterocycles. The molecule has 0 saturated carbocycles. The first-order valence-corrected chi connectivity index (χ1v) is 9.61. The van der Waals surface area contributed by atoms with Crippen LogP contribution in [0.25, 0.3) is 0 Å². The van der Waals surface area contributed by atoms with Crippen molar-refractivity contribution in [1.29, 1.82) is 0 Å². The molecule has 1 saturated heterocycles. The number of benzene rings is 1. The molecular weight excluding hydrogens is 403 g/mol. The van der Waals surface area contributed by atoms with E-state index in [9.17, 15) is 18.0 Å². The fraction of sp³-hybridized carbons (Fsp3) is 0.550. The van der Waals surface area contributed by atoms with Crippen molar-refractivity contribution in [3.05, 3.63) is 41.3 Å². The van der Waals surface area contributed by atoms with Crippen LogP contribution in [-0.2, 0) is 16.0 Å². The van der Waals surface area contributed by atoms with E-state index in [0.717, 1.165) is 5.56 Å². The fourth-order valence-electron chi connectivity index (χ4n) is 3.58. The highest BCUT2D eigenvalue weighted by molar-refractivity contribution is 5.73. The van der Waals surface area contributed by atoms with Gasteiger partial charge in [0, 0.05) is 33.0 Å². The number of piperidine rings is 1. The molecule has 1 amide bonds. The first-order chi connectivity index (χ1) is 14.2. The first kappa shape index (κ1) is 22.1. The minimum Gasteiger partial charge on any atom is -0.459 e. The molecule has 1 aliphatic rings. The molecule has 10 heteroatoms. The Kier molecular flexibility index (Phi) is 6.96. The first-order valence-electron chi connectivity index (χ1n) is 9.61. The van der Waals surface area contributed by atoms with Gasteiger partial charge in [-0.25, -0.2) is 0 Å². The van der Waals surface area contributed by atoms with Crippen LogP contribution < -0.4 is 4.74 Å². The molecule has 3 rings (SSSR count). The summed E-state index contributed by atoms with van der Waals surface area (Å²) in [6.45, 7) is 3.07.